The molecule has 4 aromatic heterocycles. The number of rotatable bonds is 16. The number of anilines is 2. The highest BCUT2D eigenvalue weighted by Gasteiger charge is 2.26. The molecular weight excluding hydrogens is 1020 g/mol. The van der Waals surface area contributed by atoms with Crippen molar-refractivity contribution in [1.29, 1.82) is 0 Å². The van der Waals surface area contributed by atoms with Crippen molar-refractivity contribution < 1.29 is 46.8 Å². The van der Waals surface area contributed by atoms with Crippen LogP contribution >= 0.6 is 0 Å². The Balaban J connectivity index is 0.000000190. The number of aliphatic hydroxyl groups is 2. The van der Waals surface area contributed by atoms with Crippen LogP contribution in [-0.4, -0.2) is 123 Å². The maximum absolute atomic E-state index is 13.0. The Hall–Kier alpha value is -8.64. The summed E-state index contributed by atoms with van der Waals surface area (Å²) in [5.41, 5.74) is 5.50. The van der Waals surface area contributed by atoms with Crippen molar-refractivity contribution >= 4 is 45.5 Å². The Morgan fingerprint density at radius 1 is 0.551 bits per heavy atom. The van der Waals surface area contributed by atoms with Crippen molar-refractivity contribution in [2.75, 3.05) is 37.8 Å². The van der Waals surface area contributed by atoms with Gasteiger partial charge in [-0.25, -0.2) is 19.9 Å². The van der Waals surface area contributed by atoms with Gasteiger partial charge < -0.3 is 40.1 Å². The standard InChI is InChI=1S/2C27H28F2N6O4/c2*1-33-8-7-20(11-24(33)37)32-27-30-12-19(13-31-27)17-4-5-21-22(10-17)35(34(2)25(21)38)14-18-9-16(15-36)3-6-23(18)39-26(28)29/h2*3-6,9-10,12-13,20,26,36H,7-8,11,14-15H2,1-2H3,(H,30,31,32)/t20-;/m1./s1. The number of fused-ring (bicyclic) bond motifs is 2. The Bertz CT molecular complexity index is 3370. The summed E-state index contributed by atoms with van der Waals surface area (Å²) in [5, 5.41) is 26.4. The van der Waals surface area contributed by atoms with Gasteiger partial charge in [0.15, 0.2) is 0 Å². The molecule has 20 nitrogen and oxygen atoms in total. The highest BCUT2D eigenvalue weighted by molar-refractivity contribution is 5.86. The Labute approximate surface area is 443 Å². The second-order valence-corrected chi connectivity index (χ2v) is 19.1. The van der Waals surface area contributed by atoms with E-state index >= 15 is 0 Å². The molecule has 0 bridgehead atoms. The van der Waals surface area contributed by atoms with Crippen LogP contribution in [0.25, 0.3) is 44.1 Å². The van der Waals surface area contributed by atoms with E-state index in [0.29, 0.717) is 93.0 Å². The number of hydrogen-bond donors (Lipinski definition) is 4. The predicted octanol–water partition coefficient (Wildman–Crippen LogP) is 5.94. The highest BCUT2D eigenvalue weighted by atomic mass is 19.3. The molecule has 10 rings (SSSR count). The molecule has 6 heterocycles. The van der Waals surface area contributed by atoms with Gasteiger partial charge in [-0.15, -0.1) is 0 Å². The summed E-state index contributed by atoms with van der Waals surface area (Å²) < 4.78 is 67.6. The average Bonchev–Trinajstić information content (AvgIpc) is 3.96. The minimum Gasteiger partial charge on any atom is -0.434 e. The van der Waals surface area contributed by atoms with Crippen LogP contribution in [0.1, 0.15) is 47.9 Å². The van der Waals surface area contributed by atoms with E-state index in [0.717, 1.165) is 24.0 Å². The lowest BCUT2D eigenvalue weighted by atomic mass is 10.1. The zero-order valence-corrected chi connectivity index (χ0v) is 42.9. The van der Waals surface area contributed by atoms with E-state index in [-0.39, 0.29) is 72.8 Å². The third-order valence-corrected chi connectivity index (χ3v) is 14.0. The first-order chi connectivity index (χ1) is 37.5. The van der Waals surface area contributed by atoms with E-state index < -0.39 is 13.2 Å². The van der Waals surface area contributed by atoms with Crippen LogP contribution in [0.5, 0.6) is 11.5 Å². The summed E-state index contributed by atoms with van der Waals surface area (Å²) in [4.78, 5) is 70.9. The molecule has 1 unspecified atom stereocenters. The molecule has 0 spiro atoms. The first-order valence-corrected chi connectivity index (χ1v) is 24.9. The van der Waals surface area contributed by atoms with E-state index in [1.54, 1.807) is 109 Å². The molecule has 4 aromatic carbocycles. The van der Waals surface area contributed by atoms with Gasteiger partial charge in [0.05, 0.1) is 48.1 Å². The van der Waals surface area contributed by atoms with Gasteiger partial charge in [-0.2, -0.15) is 17.6 Å². The number of aliphatic hydroxyl groups excluding tert-OH is 2. The van der Waals surface area contributed by atoms with Crippen LogP contribution in [0.4, 0.5) is 29.5 Å². The normalized spacial score (nSPS) is 15.8. The topological polar surface area (TPSA) is 229 Å². The third-order valence-electron chi connectivity index (χ3n) is 14.0. The Morgan fingerprint density at radius 2 is 0.936 bits per heavy atom. The molecule has 2 amide bonds. The molecule has 2 aliphatic rings. The van der Waals surface area contributed by atoms with Crippen molar-refractivity contribution in [1.82, 2.24) is 48.5 Å². The first-order valence-electron chi connectivity index (χ1n) is 24.9. The molecule has 0 saturated carbocycles. The average molecular weight is 1080 g/mol. The van der Waals surface area contributed by atoms with E-state index in [9.17, 15) is 47.0 Å². The molecule has 78 heavy (non-hydrogen) atoms. The number of benzene rings is 4. The number of piperidine rings is 2. The van der Waals surface area contributed by atoms with Gasteiger partial charge in [0.2, 0.25) is 23.7 Å². The highest BCUT2D eigenvalue weighted by Crippen LogP contribution is 2.30. The predicted molar refractivity (Wildman–Crippen MR) is 281 cm³/mol. The summed E-state index contributed by atoms with van der Waals surface area (Å²) >= 11 is 0. The number of ether oxygens (including phenoxy) is 2. The van der Waals surface area contributed by atoms with Crippen molar-refractivity contribution in [3.05, 3.63) is 141 Å². The summed E-state index contributed by atoms with van der Waals surface area (Å²) in [6.45, 7) is -5.10. The number of nitrogens with zero attached hydrogens (tertiary/aromatic N) is 10. The van der Waals surface area contributed by atoms with Crippen LogP contribution in [0, 0.1) is 0 Å². The minimum atomic E-state index is -3.02. The van der Waals surface area contributed by atoms with E-state index in [1.165, 1.54) is 33.6 Å². The van der Waals surface area contributed by atoms with Gasteiger partial charge >= 0.3 is 13.2 Å². The number of hydrogen-bond acceptors (Lipinski definition) is 14. The number of aromatic nitrogens is 8. The SMILES string of the molecule is CN1CCC(Nc2ncc(-c3ccc4c(=O)n(C)n(Cc5cc(CO)ccc5OC(F)F)c4c3)cn2)CC1=O.CN1CC[C@@H](Nc2ncc(-c3ccc4c(=O)n(C)n(Cc5cc(CO)ccc5OC(F)F)c4c3)cn2)CC1=O. The molecule has 2 atom stereocenters. The summed E-state index contributed by atoms with van der Waals surface area (Å²) in [6, 6.07) is 19.5. The first kappa shape index (κ1) is 54.2. The third kappa shape index (κ3) is 12.0. The molecule has 2 aliphatic heterocycles. The molecular formula is C54H56F4N12O8. The van der Waals surface area contributed by atoms with Crippen LogP contribution in [-0.2, 0) is 50.0 Å². The minimum absolute atomic E-state index is 0.0297. The number of carbonyl (C=O) groups excluding carboxylic acids is 2. The number of alkyl halides is 4. The molecule has 2 saturated heterocycles. The fraction of sp³-hybridized carbons (Fsp3) is 0.333. The van der Waals surface area contributed by atoms with Crippen LogP contribution in [0.2, 0.25) is 0 Å². The quantitative estimate of drug-likeness (QED) is 0.0822. The van der Waals surface area contributed by atoms with E-state index in [4.69, 9.17) is 0 Å². The van der Waals surface area contributed by atoms with Crippen molar-refractivity contribution in [3.8, 4) is 33.8 Å². The zero-order valence-electron chi connectivity index (χ0n) is 42.9. The monoisotopic (exact) mass is 1080 g/mol. The number of carbonyl (C=O) groups is 2. The van der Waals surface area contributed by atoms with Gasteiger partial charge in [-0.1, -0.05) is 24.3 Å². The van der Waals surface area contributed by atoms with Crippen LogP contribution in [0.3, 0.4) is 0 Å². The smallest absolute Gasteiger partial charge is 0.387 e. The fourth-order valence-corrected chi connectivity index (χ4v) is 9.54. The summed E-state index contributed by atoms with van der Waals surface area (Å²) in [7, 11) is 6.77. The van der Waals surface area contributed by atoms with Crippen molar-refractivity contribution in [2.45, 2.75) is 77.3 Å². The lowest BCUT2D eigenvalue weighted by molar-refractivity contribution is -0.132. The molecule has 8 aromatic rings. The second-order valence-electron chi connectivity index (χ2n) is 19.1. The molecule has 24 heteroatoms. The molecule has 0 radical (unpaired) electrons. The van der Waals surface area contributed by atoms with Crippen LogP contribution < -0.4 is 31.2 Å². The van der Waals surface area contributed by atoms with Gasteiger partial charge in [0.25, 0.3) is 11.1 Å². The maximum atomic E-state index is 13.0. The van der Waals surface area contributed by atoms with Gasteiger partial charge in [0, 0.05) is 113 Å². The largest absolute Gasteiger partial charge is 0.434 e. The number of nitrogens with one attached hydrogen (secondary N) is 2. The van der Waals surface area contributed by atoms with Gasteiger partial charge in [-0.05, 0) is 83.6 Å². The Morgan fingerprint density at radius 3 is 1.28 bits per heavy atom. The lowest BCUT2D eigenvalue weighted by Crippen LogP contribution is -2.41. The second kappa shape index (κ2) is 23.3. The maximum Gasteiger partial charge on any atom is 0.387 e. The van der Waals surface area contributed by atoms with Crippen LogP contribution in [0.15, 0.2) is 107 Å². The number of amides is 2. The Kier molecular flexibility index (Phi) is 16.2. The lowest BCUT2D eigenvalue weighted by Gasteiger charge is -2.29. The summed E-state index contributed by atoms with van der Waals surface area (Å²) in [6.07, 6.45) is 9.04. The molecule has 4 N–H and O–H groups in total. The molecule has 408 valence electrons. The van der Waals surface area contributed by atoms with Crippen molar-refractivity contribution in [2.24, 2.45) is 14.1 Å². The number of halogens is 4. The number of likely N-dealkylation sites (tertiary alicyclic amines) is 2. The zero-order chi connectivity index (χ0) is 55.4. The van der Waals surface area contributed by atoms with Gasteiger partial charge in [0.1, 0.15) is 11.5 Å². The van der Waals surface area contributed by atoms with Gasteiger partial charge in [-0.3, -0.25) is 37.9 Å². The summed E-state index contributed by atoms with van der Waals surface area (Å²) in [5.74, 6) is 0.941. The molecule has 2 fully saturated rings. The van der Waals surface area contributed by atoms with E-state index in [1.807, 2.05) is 12.1 Å². The van der Waals surface area contributed by atoms with E-state index in [2.05, 4.69) is 40.0 Å². The van der Waals surface area contributed by atoms with Crippen molar-refractivity contribution in [3.63, 3.8) is 0 Å². The fourth-order valence-electron chi connectivity index (χ4n) is 9.54. The molecule has 0 aliphatic carbocycles.